The Morgan fingerprint density at radius 1 is 1.32 bits per heavy atom. The predicted octanol–water partition coefficient (Wildman–Crippen LogP) is 4.05. The van der Waals surface area contributed by atoms with Crippen LogP contribution in [0.15, 0.2) is 22.7 Å². The molecule has 0 spiro atoms. The first kappa shape index (κ1) is 17.6. The van der Waals surface area contributed by atoms with Gasteiger partial charge in [-0.15, -0.1) is 0 Å². The van der Waals surface area contributed by atoms with Crippen molar-refractivity contribution in [3.63, 3.8) is 0 Å². The smallest absolute Gasteiger partial charge is 0.259 e. The van der Waals surface area contributed by atoms with E-state index < -0.39 is 11.6 Å². The maximum Gasteiger partial charge on any atom is 0.259 e. The molecule has 1 fully saturated rings. The highest BCUT2D eigenvalue weighted by molar-refractivity contribution is 5.96. The Morgan fingerprint density at radius 3 is 2.68 bits per heavy atom. The standard InChI is InChI=1S/C19H22F2N2O2/c1-12-18(13(2)25-22-12)19(24)23-10-4-5-14(11-23)8-9-15-16(20)6-3-7-17(15)21/h3,6-7,14H,4-5,8-11H2,1-2H3/t14-/m0/s1. The fourth-order valence-electron chi connectivity index (χ4n) is 3.55. The van der Waals surface area contributed by atoms with Gasteiger partial charge in [-0.3, -0.25) is 4.79 Å². The summed E-state index contributed by atoms with van der Waals surface area (Å²) in [5, 5.41) is 3.84. The first-order chi connectivity index (χ1) is 12.0. The lowest BCUT2D eigenvalue weighted by Crippen LogP contribution is -2.40. The Labute approximate surface area is 145 Å². The van der Waals surface area contributed by atoms with Gasteiger partial charge >= 0.3 is 0 Å². The SMILES string of the molecule is Cc1noc(C)c1C(=O)N1CCC[C@@H](CCc2c(F)cccc2F)C1. The lowest BCUT2D eigenvalue weighted by atomic mass is 9.91. The third-order valence-electron chi connectivity index (χ3n) is 4.92. The first-order valence-corrected chi connectivity index (χ1v) is 8.62. The number of halogens is 2. The first-order valence-electron chi connectivity index (χ1n) is 8.62. The number of nitrogens with zero attached hydrogens (tertiary/aromatic N) is 2. The molecule has 0 N–H and O–H groups in total. The van der Waals surface area contributed by atoms with Gasteiger partial charge in [-0.25, -0.2) is 8.78 Å². The number of benzene rings is 1. The topological polar surface area (TPSA) is 46.3 Å². The number of carbonyl (C=O) groups excluding carboxylic acids is 1. The van der Waals surface area contributed by atoms with Crippen molar-refractivity contribution in [2.45, 2.75) is 39.5 Å². The molecule has 2 aromatic rings. The van der Waals surface area contributed by atoms with Crippen LogP contribution in [0.25, 0.3) is 0 Å². The maximum absolute atomic E-state index is 13.8. The monoisotopic (exact) mass is 348 g/mol. The number of aryl methyl sites for hydroxylation is 2. The van der Waals surface area contributed by atoms with E-state index in [0.717, 1.165) is 12.8 Å². The van der Waals surface area contributed by atoms with Crippen LogP contribution in [0.4, 0.5) is 8.78 Å². The van der Waals surface area contributed by atoms with Gasteiger partial charge in [-0.1, -0.05) is 11.2 Å². The lowest BCUT2D eigenvalue weighted by Gasteiger charge is -2.33. The van der Waals surface area contributed by atoms with Crippen LogP contribution in [0, 0.1) is 31.4 Å². The molecule has 2 heterocycles. The Hall–Kier alpha value is -2.24. The largest absolute Gasteiger partial charge is 0.361 e. The van der Waals surface area contributed by atoms with Crippen LogP contribution < -0.4 is 0 Å². The molecule has 0 aliphatic carbocycles. The molecule has 1 aromatic heterocycles. The molecule has 4 nitrogen and oxygen atoms in total. The molecule has 3 rings (SSSR count). The Morgan fingerprint density at radius 2 is 2.04 bits per heavy atom. The van der Waals surface area contributed by atoms with E-state index in [2.05, 4.69) is 5.16 Å². The van der Waals surface area contributed by atoms with E-state index in [4.69, 9.17) is 4.52 Å². The summed E-state index contributed by atoms with van der Waals surface area (Å²) in [6, 6.07) is 3.94. The van der Waals surface area contributed by atoms with Gasteiger partial charge in [-0.2, -0.15) is 0 Å². The number of amides is 1. The van der Waals surface area contributed by atoms with Crippen LogP contribution in [-0.2, 0) is 6.42 Å². The van der Waals surface area contributed by atoms with Crippen molar-refractivity contribution >= 4 is 5.91 Å². The number of aromatic nitrogens is 1. The minimum Gasteiger partial charge on any atom is -0.361 e. The quantitative estimate of drug-likeness (QED) is 0.837. The summed E-state index contributed by atoms with van der Waals surface area (Å²) in [6.07, 6.45) is 2.85. The lowest BCUT2D eigenvalue weighted by molar-refractivity contribution is 0.0665. The van der Waals surface area contributed by atoms with E-state index in [-0.39, 0.29) is 17.4 Å². The zero-order chi connectivity index (χ0) is 18.0. The second-order valence-corrected chi connectivity index (χ2v) is 6.70. The average molecular weight is 348 g/mol. The van der Waals surface area contributed by atoms with Crippen LogP contribution in [0.5, 0.6) is 0 Å². The van der Waals surface area contributed by atoms with Crippen LogP contribution in [0.2, 0.25) is 0 Å². The van der Waals surface area contributed by atoms with Crippen molar-refractivity contribution < 1.29 is 18.1 Å². The van der Waals surface area contributed by atoms with Crippen molar-refractivity contribution in [1.29, 1.82) is 0 Å². The molecular weight excluding hydrogens is 326 g/mol. The minimum atomic E-state index is -0.500. The number of rotatable bonds is 4. The van der Waals surface area contributed by atoms with Crippen LogP contribution in [0.1, 0.15) is 46.6 Å². The van der Waals surface area contributed by atoms with Crippen molar-refractivity contribution in [3.8, 4) is 0 Å². The van der Waals surface area contributed by atoms with Gasteiger partial charge in [0.05, 0.1) is 5.69 Å². The van der Waals surface area contributed by atoms with Crippen LogP contribution in [0.3, 0.4) is 0 Å². The van der Waals surface area contributed by atoms with Gasteiger partial charge in [0.1, 0.15) is 23.0 Å². The van der Waals surface area contributed by atoms with Crippen molar-refractivity contribution in [3.05, 3.63) is 52.4 Å². The maximum atomic E-state index is 13.8. The fourth-order valence-corrected chi connectivity index (χ4v) is 3.55. The summed E-state index contributed by atoms with van der Waals surface area (Å²) < 4.78 is 32.6. The Kier molecular flexibility index (Phi) is 5.16. The van der Waals surface area contributed by atoms with Gasteiger partial charge in [0, 0.05) is 18.7 Å². The van der Waals surface area contributed by atoms with E-state index in [1.807, 2.05) is 0 Å². The predicted molar refractivity (Wildman–Crippen MR) is 89.3 cm³/mol. The summed E-state index contributed by atoms with van der Waals surface area (Å²) in [5.74, 6) is -0.313. The number of carbonyl (C=O) groups is 1. The Bertz CT molecular complexity index is 733. The van der Waals surface area contributed by atoms with Crippen LogP contribution >= 0.6 is 0 Å². The van der Waals surface area contributed by atoms with Crippen molar-refractivity contribution in [1.82, 2.24) is 10.1 Å². The van der Waals surface area contributed by atoms with E-state index in [0.29, 0.717) is 42.9 Å². The highest BCUT2D eigenvalue weighted by Gasteiger charge is 2.28. The fraction of sp³-hybridized carbons (Fsp3) is 0.474. The molecule has 1 atom stereocenters. The summed E-state index contributed by atoms with van der Waals surface area (Å²) in [4.78, 5) is 14.5. The molecule has 25 heavy (non-hydrogen) atoms. The van der Waals surface area contributed by atoms with Gasteiger partial charge in [0.25, 0.3) is 5.91 Å². The minimum absolute atomic E-state index is 0.0713. The van der Waals surface area contributed by atoms with E-state index >= 15 is 0 Å². The van der Waals surface area contributed by atoms with Gasteiger partial charge in [-0.05, 0) is 57.6 Å². The van der Waals surface area contributed by atoms with E-state index in [1.165, 1.54) is 18.2 Å². The molecule has 0 bridgehead atoms. The molecule has 134 valence electrons. The molecule has 1 saturated heterocycles. The average Bonchev–Trinajstić information content (AvgIpc) is 2.93. The van der Waals surface area contributed by atoms with Gasteiger partial charge in [0.2, 0.25) is 0 Å². The highest BCUT2D eigenvalue weighted by Crippen LogP contribution is 2.25. The molecule has 1 aromatic carbocycles. The van der Waals surface area contributed by atoms with E-state index in [9.17, 15) is 13.6 Å². The van der Waals surface area contributed by atoms with Crippen molar-refractivity contribution in [2.24, 2.45) is 5.92 Å². The normalized spacial score (nSPS) is 17.8. The molecule has 0 unspecified atom stereocenters. The number of likely N-dealkylation sites (tertiary alicyclic amines) is 1. The highest BCUT2D eigenvalue weighted by atomic mass is 19.1. The molecule has 1 aliphatic heterocycles. The number of hydrogen-bond donors (Lipinski definition) is 0. The summed E-state index contributed by atoms with van der Waals surface area (Å²) >= 11 is 0. The third-order valence-corrected chi connectivity index (χ3v) is 4.92. The molecule has 1 amide bonds. The molecule has 0 saturated carbocycles. The van der Waals surface area contributed by atoms with Gasteiger partial charge < -0.3 is 9.42 Å². The second kappa shape index (κ2) is 7.33. The summed E-state index contributed by atoms with van der Waals surface area (Å²) in [6.45, 7) is 4.77. The third kappa shape index (κ3) is 3.72. The number of piperidine rings is 1. The number of hydrogen-bond acceptors (Lipinski definition) is 3. The molecule has 0 radical (unpaired) electrons. The summed E-state index contributed by atoms with van der Waals surface area (Å²) in [5.41, 5.74) is 1.26. The molecule has 6 heteroatoms. The zero-order valence-corrected chi connectivity index (χ0v) is 14.5. The zero-order valence-electron chi connectivity index (χ0n) is 14.5. The molecule has 1 aliphatic rings. The van der Waals surface area contributed by atoms with E-state index in [1.54, 1.807) is 18.7 Å². The van der Waals surface area contributed by atoms with Gasteiger partial charge in [0.15, 0.2) is 0 Å². The molecular formula is C19H22F2N2O2. The van der Waals surface area contributed by atoms with Crippen molar-refractivity contribution in [2.75, 3.05) is 13.1 Å². The van der Waals surface area contributed by atoms with Crippen LogP contribution in [-0.4, -0.2) is 29.1 Å². The summed E-state index contributed by atoms with van der Waals surface area (Å²) in [7, 11) is 0. The second-order valence-electron chi connectivity index (χ2n) is 6.70. The Balaban J connectivity index is 1.64.